The van der Waals surface area contributed by atoms with Crippen molar-refractivity contribution in [3.63, 3.8) is 0 Å². The van der Waals surface area contributed by atoms with E-state index in [1.165, 1.54) is 6.92 Å². The highest BCUT2D eigenvalue weighted by molar-refractivity contribution is 5.74. The molecule has 10 heterocycles. The summed E-state index contributed by atoms with van der Waals surface area (Å²) in [6, 6.07) is -7.65. The lowest BCUT2D eigenvalue weighted by Crippen LogP contribution is -2.71. The summed E-state index contributed by atoms with van der Waals surface area (Å²) in [5, 5.41) is 310. The molecular weight excluding hydrogens is 1670 g/mol. The highest BCUT2D eigenvalue weighted by Crippen LogP contribution is 2.42. The third kappa shape index (κ3) is 21.7. The number of rotatable bonds is 31. The molecule has 10 rings (SSSR count). The van der Waals surface area contributed by atoms with Crippen LogP contribution in [0.3, 0.4) is 0 Å². The van der Waals surface area contributed by atoms with E-state index in [1.807, 2.05) is 0 Å². The smallest absolute Gasteiger partial charge is 0.217 e. The first-order valence-corrected chi connectivity index (χ1v) is 39.0. The van der Waals surface area contributed by atoms with E-state index in [0.29, 0.717) is 0 Å². The number of amides is 4. The molecule has 0 aromatic heterocycles. The van der Waals surface area contributed by atoms with E-state index >= 15 is 0 Å². The molecule has 122 heavy (non-hydrogen) atoms. The SMILES string of the molecule is CC(=O)N[C@H]1[C@H](O[C@H]2[C@@H](O)[C@@H](CO)O[C@@H](O[C@H]3[C@H](O)[C@@H](NC(C)=O)[C@H](O[C@H]4[C@@H](O)[C@@H](CO)O[C@@H](O[C@H]5[C@H](O)[C@@H](O)C(O)O[C@@H]5CO)[C@@H]4O)O[C@@H]3CO)[C@@H]2O)O[C@H](CO)[C@@H](O[C@@H]2O[C@H](CO)[C@H](O)[C@H](O[C@@H]3O[C@H](CO)[C@@H](O[C@@H]4O[C@H](CO)[C@H](O)[C@H](O[C@H]5O[C@H](CO)[C@H](O)[C@H](O)[C@H]5NC(C)=O)[C@H]4O[C@@H]4O[C@@H](C)[C@@H](O)[C@@H](O)[C@@H]4O)[C@H](O)[C@H]3NC(C)=O)[C@H]2O)[C@@H]1O. The summed E-state index contributed by atoms with van der Waals surface area (Å²) in [6.45, 7) is -4.96. The first-order chi connectivity index (χ1) is 57.7. The van der Waals surface area contributed by atoms with E-state index in [2.05, 4.69) is 21.3 Å². The normalized spacial score (nSPS) is 49.7. The number of hydrogen-bond donors (Lipinski definition) is 31. The van der Waals surface area contributed by atoms with E-state index in [0.717, 1.165) is 27.7 Å². The maximum absolute atomic E-state index is 13.2. The largest absolute Gasteiger partial charge is 0.394 e. The Bertz CT molecular complexity index is 3290. The van der Waals surface area contributed by atoms with Gasteiger partial charge in [-0.25, -0.2) is 0 Å². The molecule has 0 aliphatic carbocycles. The molecule has 0 aromatic carbocycles. The standard InChI is InChI=1S/C68H114N4O50/c1-15-33(86)43(96)46(99)64(104-15)122-58-57(121-60-29(69-16(2)82)39(92)34(87)20(6-73)106-60)38(91)24(10-77)110-68(58)117-52-28(14-81)113-63(32(42(52)95)72-19(5)85)119-55-36(89)22(8-75)108-66(48(55)101)115-50-26(12-79)111-61(30(40(50)93)70-17(3)83)118-54-35(88)21(7-74)107-65(47(54)100)114-51-27(13-80)112-62(31(41(51)94)71-18(4)84)120-56-37(90)23(9-76)109-67(49(56)102)116-53-25(11-78)105-59(103)45(98)44(53)97/h15,20-68,73-81,86-103H,6-14H2,1-5H3,(H,69,82)(H,70,83)(H,71,84)(H,72,85)/t15-,20+,21+,22+,23+,24+,25+,26+,27+,28+,29+,30+,31+,32+,33+,34-,35-,36-,37-,38-,39+,40+,41+,42+,43+,44+,45+,46-,47+,48+,49+,50+,51+,52+,53+,54-,55-,56-,57-,58+,59?,60+,61-,62-,63-,64-,65-,66-,67-,68-/m0/s1. The summed E-state index contributed by atoms with van der Waals surface area (Å²) < 4.78 is 112. The van der Waals surface area contributed by atoms with Crippen LogP contribution in [0.5, 0.6) is 0 Å². The van der Waals surface area contributed by atoms with Crippen molar-refractivity contribution in [2.45, 2.75) is 341 Å². The fraction of sp³-hybridized carbons (Fsp3) is 0.941. The second-order valence-corrected chi connectivity index (χ2v) is 30.9. The monoisotopic (exact) mass is 1790 g/mol. The molecule has 1 unspecified atom stereocenters. The van der Waals surface area contributed by atoms with E-state index in [9.17, 15) is 157 Å². The lowest BCUT2D eigenvalue weighted by atomic mass is 9.93. The maximum Gasteiger partial charge on any atom is 0.217 e. The van der Waals surface area contributed by atoms with Gasteiger partial charge in [0, 0.05) is 27.7 Å². The van der Waals surface area contributed by atoms with E-state index < -0.39 is 390 Å². The van der Waals surface area contributed by atoms with Crippen molar-refractivity contribution in [1.29, 1.82) is 0 Å². The van der Waals surface area contributed by atoms with Crippen molar-refractivity contribution in [2.75, 3.05) is 59.5 Å². The van der Waals surface area contributed by atoms with Gasteiger partial charge < -0.3 is 249 Å². The Morgan fingerprint density at radius 2 is 0.451 bits per heavy atom. The molecule has 31 N–H and O–H groups in total. The van der Waals surface area contributed by atoms with Crippen LogP contribution in [0, 0.1) is 0 Å². The van der Waals surface area contributed by atoms with Gasteiger partial charge in [-0.05, 0) is 6.92 Å². The van der Waals surface area contributed by atoms with Crippen molar-refractivity contribution in [3.05, 3.63) is 0 Å². The van der Waals surface area contributed by atoms with Gasteiger partial charge in [-0.1, -0.05) is 0 Å². The number of carbonyl (C=O) groups excluding carboxylic acids is 4. The minimum atomic E-state index is -2.42. The van der Waals surface area contributed by atoms with Crippen molar-refractivity contribution in [3.8, 4) is 0 Å². The molecule has 10 saturated heterocycles. The Morgan fingerprint density at radius 1 is 0.213 bits per heavy atom. The van der Waals surface area contributed by atoms with Gasteiger partial charge in [-0.2, -0.15) is 0 Å². The summed E-state index contributed by atoms with van der Waals surface area (Å²) in [6.07, 6.45) is -93.9. The van der Waals surface area contributed by atoms with Crippen molar-refractivity contribution in [1.82, 2.24) is 21.3 Å². The second kappa shape index (κ2) is 43.6. The van der Waals surface area contributed by atoms with Gasteiger partial charge in [0.15, 0.2) is 62.9 Å². The van der Waals surface area contributed by atoms with Crippen LogP contribution < -0.4 is 21.3 Å². The van der Waals surface area contributed by atoms with E-state index in [4.69, 9.17) is 90.0 Å². The van der Waals surface area contributed by atoms with Crippen LogP contribution >= 0.6 is 0 Å². The molecule has 0 radical (unpaired) electrons. The number of ether oxygens (including phenoxy) is 19. The van der Waals surface area contributed by atoms with Gasteiger partial charge in [0.05, 0.1) is 65.6 Å². The molecule has 10 aliphatic rings. The molecule has 706 valence electrons. The predicted octanol–water partition coefficient (Wildman–Crippen LogP) is -21.2. The highest BCUT2D eigenvalue weighted by atomic mass is 16.8. The Labute approximate surface area is 691 Å². The molecule has 0 saturated carbocycles. The van der Waals surface area contributed by atoms with Crippen LogP contribution in [0.2, 0.25) is 0 Å². The van der Waals surface area contributed by atoms with Crippen LogP contribution in [0.4, 0.5) is 0 Å². The van der Waals surface area contributed by atoms with E-state index in [1.54, 1.807) is 0 Å². The maximum atomic E-state index is 13.2. The molecule has 0 bridgehead atoms. The van der Waals surface area contributed by atoms with Crippen molar-refractivity contribution < 1.29 is 247 Å². The Hall–Kier alpha value is -3.96. The van der Waals surface area contributed by atoms with Gasteiger partial charge in [0.2, 0.25) is 23.6 Å². The van der Waals surface area contributed by atoms with Gasteiger partial charge >= 0.3 is 0 Å². The zero-order valence-corrected chi connectivity index (χ0v) is 65.7. The summed E-state index contributed by atoms with van der Waals surface area (Å²) >= 11 is 0. The lowest BCUT2D eigenvalue weighted by Gasteiger charge is -2.52. The predicted molar refractivity (Wildman–Crippen MR) is 375 cm³/mol. The van der Waals surface area contributed by atoms with Gasteiger partial charge in [0.1, 0.15) is 238 Å². The Morgan fingerprint density at radius 3 is 0.779 bits per heavy atom. The van der Waals surface area contributed by atoms with Crippen LogP contribution in [0.1, 0.15) is 34.6 Å². The van der Waals surface area contributed by atoms with Crippen LogP contribution in [-0.2, 0) is 109 Å². The number of aliphatic hydroxyl groups excluding tert-OH is 27. The molecule has 4 amide bonds. The molecule has 50 atom stereocenters. The van der Waals surface area contributed by atoms with Gasteiger partial charge in [-0.3, -0.25) is 19.2 Å². The third-order valence-electron chi connectivity index (χ3n) is 22.5. The quantitative estimate of drug-likeness (QED) is 0.0306. The molecular formula is C68H114N4O50. The Balaban J connectivity index is 0.858. The van der Waals surface area contributed by atoms with Crippen LogP contribution in [-0.4, -0.2) is 528 Å². The van der Waals surface area contributed by atoms with Crippen molar-refractivity contribution >= 4 is 23.6 Å². The molecule has 0 spiro atoms. The minimum absolute atomic E-state index is 0.842. The summed E-state index contributed by atoms with van der Waals surface area (Å²) in [4.78, 5) is 51.6. The average molecular weight is 1790 g/mol. The number of aliphatic hydroxyl groups is 27. The average Bonchev–Trinajstić information content (AvgIpc) is 0.763. The molecule has 54 heteroatoms. The van der Waals surface area contributed by atoms with E-state index in [-0.39, 0.29) is 0 Å². The molecule has 10 aliphatic heterocycles. The van der Waals surface area contributed by atoms with Crippen LogP contribution in [0.25, 0.3) is 0 Å². The zero-order valence-electron chi connectivity index (χ0n) is 65.7. The first-order valence-electron chi connectivity index (χ1n) is 39.0. The summed E-state index contributed by atoms with van der Waals surface area (Å²) in [5.41, 5.74) is 0. The summed E-state index contributed by atoms with van der Waals surface area (Å²) in [5.74, 6) is -3.74. The van der Waals surface area contributed by atoms with Gasteiger partial charge in [-0.15, -0.1) is 0 Å². The second-order valence-electron chi connectivity index (χ2n) is 30.9. The third-order valence-corrected chi connectivity index (χ3v) is 22.5. The van der Waals surface area contributed by atoms with Crippen LogP contribution in [0.15, 0.2) is 0 Å². The lowest BCUT2D eigenvalue weighted by molar-refractivity contribution is -0.402. The topological polar surface area (TPSA) is 838 Å². The summed E-state index contributed by atoms with van der Waals surface area (Å²) in [7, 11) is 0. The fourth-order valence-corrected chi connectivity index (χ4v) is 16.0. The first kappa shape index (κ1) is 100. The van der Waals surface area contributed by atoms with Gasteiger partial charge in [0.25, 0.3) is 0 Å². The molecule has 10 fully saturated rings. The fourth-order valence-electron chi connectivity index (χ4n) is 16.0. The molecule has 54 nitrogen and oxygen atoms in total. The minimum Gasteiger partial charge on any atom is -0.394 e. The van der Waals surface area contributed by atoms with Crippen molar-refractivity contribution in [2.24, 2.45) is 0 Å². The zero-order chi connectivity index (χ0) is 89.8. The molecule has 0 aromatic rings. The Kier molecular flexibility index (Phi) is 35.8. The number of hydrogen-bond acceptors (Lipinski definition) is 50. The highest BCUT2D eigenvalue weighted by Gasteiger charge is 2.63. The number of nitrogens with one attached hydrogen (secondary N) is 4. The number of carbonyl (C=O) groups is 4.